The Kier molecular flexibility index (Phi) is 57.6. The van der Waals surface area contributed by atoms with Crippen LogP contribution in [0.25, 0.3) is 0 Å². The molecule has 78 heavy (non-hydrogen) atoms. The number of phosphoric ester groups is 1. The highest BCUT2D eigenvalue weighted by Crippen LogP contribution is 2.43. The molecule has 0 amide bonds. The van der Waals surface area contributed by atoms with Gasteiger partial charge in [-0.1, -0.05) is 274 Å². The van der Waals surface area contributed by atoms with Crippen molar-refractivity contribution in [2.75, 3.05) is 47.5 Å². The fourth-order valence-electron chi connectivity index (χ4n) is 9.41. The number of nitrogens with zero attached hydrogens (tertiary/aromatic N) is 1. The van der Waals surface area contributed by atoms with Crippen molar-refractivity contribution in [3.05, 3.63) is 60.8 Å². The van der Waals surface area contributed by atoms with Crippen molar-refractivity contribution in [3.8, 4) is 0 Å². The molecule has 10 heteroatoms. The lowest BCUT2D eigenvalue weighted by Gasteiger charge is -2.24. The Labute approximate surface area is 483 Å². The minimum absolute atomic E-state index is 0.0311. The normalized spacial score (nSPS) is 13.6. The summed E-state index contributed by atoms with van der Waals surface area (Å²) in [6, 6.07) is 0. The van der Waals surface area contributed by atoms with E-state index in [0.717, 1.165) is 51.4 Å². The molecule has 0 aromatic rings. The van der Waals surface area contributed by atoms with Crippen LogP contribution in [-0.2, 0) is 32.7 Å². The van der Waals surface area contributed by atoms with E-state index in [0.29, 0.717) is 17.4 Å². The highest BCUT2D eigenvalue weighted by atomic mass is 31.2. The maximum absolute atomic E-state index is 12.9. The average Bonchev–Trinajstić information content (AvgIpc) is 3.41. The number of hydrogen-bond acceptors (Lipinski definition) is 7. The fraction of sp³-hybridized carbons (Fsp3) is 0.824. The van der Waals surface area contributed by atoms with Crippen LogP contribution in [0.3, 0.4) is 0 Å². The van der Waals surface area contributed by atoms with Gasteiger partial charge in [0.15, 0.2) is 6.10 Å². The number of rotatable bonds is 61. The molecule has 0 saturated heterocycles. The molecule has 0 spiro atoms. The number of unbranched alkanes of at least 4 members (excludes halogenated alkanes) is 37. The average molecular weight is 1120 g/mol. The summed E-state index contributed by atoms with van der Waals surface area (Å²) in [6.07, 6.45) is 77.3. The Balaban J connectivity index is 4.08. The lowest BCUT2D eigenvalue weighted by Crippen LogP contribution is -2.37. The Bertz CT molecular complexity index is 1500. The molecule has 0 aromatic carbocycles. The molecule has 0 aliphatic heterocycles. The maximum atomic E-state index is 12.9. The number of hydrogen-bond donors (Lipinski definition) is 1. The zero-order chi connectivity index (χ0) is 57.0. The Hall–Kier alpha value is -2.29. The van der Waals surface area contributed by atoms with Crippen LogP contribution >= 0.6 is 7.82 Å². The lowest BCUT2D eigenvalue weighted by molar-refractivity contribution is -0.870. The zero-order valence-electron chi connectivity index (χ0n) is 51.9. The third kappa shape index (κ3) is 62.9. The van der Waals surface area contributed by atoms with Crippen molar-refractivity contribution >= 4 is 19.8 Å². The number of quaternary nitrogens is 1. The number of esters is 2. The van der Waals surface area contributed by atoms with Crippen LogP contribution < -0.4 is 0 Å². The topological polar surface area (TPSA) is 108 Å². The van der Waals surface area contributed by atoms with Crippen molar-refractivity contribution in [2.45, 2.75) is 315 Å². The minimum atomic E-state index is -4.39. The molecule has 0 radical (unpaired) electrons. The second-order valence-electron chi connectivity index (χ2n) is 23.5. The summed E-state index contributed by atoms with van der Waals surface area (Å²) in [5.74, 6) is -0.788. The first-order valence-corrected chi connectivity index (χ1v) is 34.5. The van der Waals surface area contributed by atoms with Crippen LogP contribution in [0, 0.1) is 0 Å². The number of phosphoric acid groups is 1. The zero-order valence-corrected chi connectivity index (χ0v) is 52.8. The number of ether oxygens (including phenoxy) is 2. The highest BCUT2D eigenvalue weighted by molar-refractivity contribution is 7.47. The predicted octanol–water partition coefficient (Wildman–Crippen LogP) is 21.0. The van der Waals surface area contributed by atoms with Crippen LogP contribution in [0.4, 0.5) is 0 Å². The molecule has 1 N–H and O–H groups in total. The molecule has 456 valence electrons. The molecule has 0 rings (SSSR count). The summed E-state index contributed by atoms with van der Waals surface area (Å²) >= 11 is 0. The van der Waals surface area contributed by atoms with E-state index >= 15 is 0 Å². The predicted molar refractivity (Wildman–Crippen MR) is 335 cm³/mol. The SMILES string of the molecule is CCCCCCC/C=C\C/C=C\C/C=C\CCCCCCCCCCCCCCCCC(=O)OC(COC(=O)CCCCCCCCCCCCCCC/C=C\C/C=C\CCCCCCC)COP(=O)(O)OCC[N+](C)(C)C. The van der Waals surface area contributed by atoms with Crippen LogP contribution in [-0.4, -0.2) is 74.9 Å². The van der Waals surface area contributed by atoms with E-state index in [1.165, 1.54) is 225 Å². The molecule has 2 atom stereocenters. The Morgan fingerprint density at radius 1 is 0.397 bits per heavy atom. The van der Waals surface area contributed by atoms with Crippen molar-refractivity contribution in [3.63, 3.8) is 0 Å². The Morgan fingerprint density at radius 3 is 1.03 bits per heavy atom. The molecule has 0 heterocycles. The van der Waals surface area contributed by atoms with Gasteiger partial charge in [0, 0.05) is 12.8 Å². The summed E-state index contributed by atoms with van der Waals surface area (Å²) in [5, 5.41) is 0. The molecule has 0 saturated carbocycles. The molecular weight excluding hydrogens is 990 g/mol. The van der Waals surface area contributed by atoms with Crippen LogP contribution in [0.1, 0.15) is 309 Å². The van der Waals surface area contributed by atoms with E-state index in [1.807, 2.05) is 21.1 Å². The van der Waals surface area contributed by atoms with Crippen LogP contribution in [0.5, 0.6) is 0 Å². The standard InChI is InChI=1S/C68H126NO8P/c1-6-8-10-12-14-16-18-20-22-24-26-28-30-32-33-34-35-37-39-41-43-45-47-49-51-53-55-57-59-61-68(71)77-66(65-76-78(72,73)75-63-62-69(3,4)5)64-74-67(70)60-58-56-54-52-50-48-46-44-42-40-38-36-31-29-27-25-23-21-19-17-15-13-11-9-7-2/h18-21,24-27,30,32,66H,6-17,22-23,28-29,31,33-65H2,1-5H3/p+1/b20-18-,21-19-,26-24-,27-25-,32-30-. The van der Waals surface area contributed by atoms with Crippen molar-refractivity contribution in [1.82, 2.24) is 0 Å². The monoisotopic (exact) mass is 1120 g/mol. The van der Waals surface area contributed by atoms with E-state index in [4.69, 9.17) is 18.5 Å². The van der Waals surface area contributed by atoms with Gasteiger partial charge in [0.25, 0.3) is 0 Å². The number of carbonyl (C=O) groups excluding carboxylic acids is 2. The van der Waals surface area contributed by atoms with Crippen LogP contribution in [0.2, 0.25) is 0 Å². The van der Waals surface area contributed by atoms with Gasteiger partial charge >= 0.3 is 19.8 Å². The third-order valence-electron chi connectivity index (χ3n) is 14.5. The van der Waals surface area contributed by atoms with Gasteiger partial charge in [-0.15, -0.1) is 0 Å². The van der Waals surface area contributed by atoms with Gasteiger partial charge in [-0.05, 0) is 83.5 Å². The van der Waals surface area contributed by atoms with Gasteiger partial charge in [-0.25, -0.2) is 4.57 Å². The van der Waals surface area contributed by atoms with E-state index in [2.05, 4.69) is 74.6 Å². The molecule has 0 fully saturated rings. The van der Waals surface area contributed by atoms with Gasteiger partial charge in [-0.2, -0.15) is 0 Å². The highest BCUT2D eigenvalue weighted by Gasteiger charge is 2.27. The van der Waals surface area contributed by atoms with Gasteiger partial charge in [-0.3, -0.25) is 18.6 Å². The van der Waals surface area contributed by atoms with Crippen molar-refractivity contribution in [1.29, 1.82) is 0 Å². The largest absolute Gasteiger partial charge is 0.472 e. The van der Waals surface area contributed by atoms with Crippen molar-refractivity contribution in [2.24, 2.45) is 0 Å². The smallest absolute Gasteiger partial charge is 0.462 e. The van der Waals surface area contributed by atoms with E-state index < -0.39 is 26.5 Å². The number of carbonyl (C=O) groups is 2. The van der Waals surface area contributed by atoms with Gasteiger partial charge in [0.2, 0.25) is 0 Å². The molecule has 0 bridgehead atoms. The summed E-state index contributed by atoms with van der Waals surface area (Å²) in [6.45, 7) is 4.45. The fourth-order valence-corrected chi connectivity index (χ4v) is 10.2. The first-order chi connectivity index (χ1) is 38.0. The first kappa shape index (κ1) is 75.7. The van der Waals surface area contributed by atoms with Gasteiger partial charge < -0.3 is 18.9 Å². The Morgan fingerprint density at radius 2 is 0.692 bits per heavy atom. The van der Waals surface area contributed by atoms with E-state index in [-0.39, 0.29) is 32.0 Å². The van der Waals surface area contributed by atoms with Crippen LogP contribution in [0.15, 0.2) is 60.8 Å². The van der Waals surface area contributed by atoms with Crippen molar-refractivity contribution < 1.29 is 42.1 Å². The van der Waals surface area contributed by atoms with E-state index in [1.54, 1.807) is 0 Å². The second kappa shape index (κ2) is 59.3. The lowest BCUT2D eigenvalue weighted by atomic mass is 10.0. The van der Waals surface area contributed by atoms with E-state index in [9.17, 15) is 19.0 Å². The quantitative estimate of drug-likeness (QED) is 0.0211. The molecular formula is C68H127NO8P+. The first-order valence-electron chi connectivity index (χ1n) is 33.0. The molecule has 9 nitrogen and oxygen atoms in total. The summed E-state index contributed by atoms with van der Waals surface area (Å²) in [7, 11) is 1.48. The number of likely N-dealkylation sites (N-methyl/N-ethyl adjacent to an activating group) is 1. The van der Waals surface area contributed by atoms with Gasteiger partial charge in [0.1, 0.15) is 19.8 Å². The summed E-state index contributed by atoms with van der Waals surface area (Å²) in [5.41, 5.74) is 0. The third-order valence-corrected chi connectivity index (χ3v) is 15.5. The maximum Gasteiger partial charge on any atom is 0.472 e. The second-order valence-corrected chi connectivity index (χ2v) is 25.0. The minimum Gasteiger partial charge on any atom is -0.462 e. The molecule has 0 aromatic heterocycles. The summed E-state index contributed by atoms with van der Waals surface area (Å²) in [4.78, 5) is 35.8. The molecule has 0 aliphatic carbocycles. The summed E-state index contributed by atoms with van der Waals surface area (Å²) < 4.78 is 34.7. The number of allylic oxidation sites excluding steroid dienone is 10. The molecule has 0 aliphatic rings. The van der Waals surface area contributed by atoms with Gasteiger partial charge in [0.05, 0.1) is 27.7 Å². The molecule has 2 unspecified atom stereocenters.